The van der Waals surface area contributed by atoms with E-state index in [0.717, 1.165) is 50.9 Å². The van der Waals surface area contributed by atoms with Crippen LogP contribution in [-0.4, -0.2) is 9.97 Å². The van der Waals surface area contributed by atoms with Crippen LogP contribution >= 0.6 is 0 Å². The molecule has 0 unspecified atom stereocenters. The molecule has 0 spiro atoms. The van der Waals surface area contributed by atoms with E-state index in [1.165, 1.54) is 17.7 Å². The fraction of sp³-hybridized carbons (Fsp3) is 0.0345. The zero-order valence-corrected chi connectivity index (χ0v) is 17.7. The summed E-state index contributed by atoms with van der Waals surface area (Å²) in [5, 5.41) is 1.99. The van der Waals surface area contributed by atoms with Gasteiger partial charge in [0.25, 0.3) is 0 Å². The van der Waals surface area contributed by atoms with E-state index in [-0.39, 0.29) is 5.82 Å². The summed E-state index contributed by atoms with van der Waals surface area (Å²) in [4.78, 5) is 9.39. The summed E-state index contributed by atoms with van der Waals surface area (Å²) in [6, 6.07) is 30.9. The van der Waals surface area contributed by atoms with Gasteiger partial charge in [0.1, 0.15) is 11.4 Å². The highest BCUT2D eigenvalue weighted by molar-refractivity contribution is 6.08. The third kappa shape index (κ3) is 3.66. The summed E-state index contributed by atoms with van der Waals surface area (Å²) in [5.41, 5.74) is 7.17. The zero-order valence-electron chi connectivity index (χ0n) is 17.7. The van der Waals surface area contributed by atoms with Crippen LogP contribution in [0.3, 0.4) is 0 Å². The number of rotatable bonds is 4. The zero-order chi connectivity index (χ0) is 22.2. The molecule has 33 heavy (non-hydrogen) atoms. The van der Waals surface area contributed by atoms with Gasteiger partial charge in [-0.05, 0) is 59.2 Å². The van der Waals surface area contributed by atoms with Crippen LogP contribution in [0.2, 0.25) is 0 Å². The highest BCUT2D eigenvalue weighted by Gasteiger charge is 2.15. The van der Waals surface area contributed by atoms with Gasteiger partial charge in [-0.25, -0.2) is 9.37 Å². The first-order valence-electron chi connectivity index (χ1n) is 10.8. The predicted molar refractivity (Wildman–Crippen MR) is 129 cm³/mol. The molecule has 3 heterocycles. The fourth-order valence-corrected chi connectivity index (χ4v) is 4.22. The molecule has 0 radical (unpaired) electrons. The SMILES string of the molecule is Fc1ccc(-c2ccnc(-c3cccc4c3oc3nc(Cc5ccccc5)ccc34)c2)cc1. The Morgan fingerprint density at radius 1 is 0.727 bits per heavy atom. The van der Waals surface area contributed by atoms with E-state index in [4.69, 9.17) is 9.40 Å². The number of halogens is 1. The third-order valence-electron chi connectivity index (χ3n) is 5.86. The molecule has 0 aliphatic rings. The Bertz CT molecular complexity index is 1590. The van der Waals surface area contributed by atoms with Crippen LogP contribution in [0.1, 0.15) is 11.3 Å². The van der Waals surface area contributed by atoms with Crippen molar-refractivity contribution in [3.8, 4) is 22.4 Å². The highest BCUT2D eigenvalue weighted by atomic mass is 19.1. The number of nitrogens with zero attached hydrogens (tertiary/aromatic N) is 2. The van der Waals surface area contributed by atoms with Gasteiger partial charge >= 0.3 is 0 Å². The van der Waals surface area contributed by atoms with E-state index in [9.17, 15) is 4.39 Å². The van der Waals surface area contributed by atoms with Gasteiger partial charge < -0.3 is 4.42 Å². The van der Waals surface area contributed by atoms with Gasteiger partial charge in [-0.3, -0.25) is 4.98 Å². The van der Waals surface area contributed by atoms with Gasteiger partial charge in [-0.15, -0.1) is 0 Å². The average molecular weight is 430 g/mol. The van der Waals surface area contributed by atoms with Crippen molar-refractivity contribution in [2.45, 2.75) is 6.42 Å². The van der Waals surface area contributed by atoms with E-state index >= 15 is 0 Å². The maximum Gasteiger partial charge on any atom is 0.227 e. The van der Waals surface area contributed by atoms with Gasteiger partial charge in [0, 0.05) is 34.6 Å². The van der Waals surface area contributed by atoms with Crippen molar-refractivity contribution < 1.29 is 8.81 Å². The van der Waals surface area contributed by atoms with Gasteiger partial charge in [0.15, 0.2) is 0 Å². The Labute approximate surface area is 190 Å². The van der Waals surface area contributed by atoms with Crippen molar-refractivity contribution in [3.05, 3.63) is 120 Å². The highest BCUT2D eigenvalue weighted by Crippen LogP contribution is 2.35. The number of hydrogen-bond donors (Lipinski definition) is 0. The minimum absolute atomic E-state index is 0.251. The lowest BCUT2D eigenvalue weighted by atomic mass is 10.0. The van der Waals surface area contributed by atoms with Crippen LogP contribution in [0.4, 0.5) is 4.39 Å². The average Bonchev–Trinajstić information content (AvgIpc) is 3.23. The summed E-state index contributed by atoms with van der Waals surface area (Å²) in [6.45, 7) is 0. The smallest absolute Gasteiger partial charge is 0.227 e. The van der Waals surface area contributed by atoms with Crippen LogP contribution in [-0.2, 0) is 6.42 Å². The molecular formula is C29H19FN2O. The maximum absolute atomic E-state index is 13.3. The Morgan fingerprint density at radius 3 is 2.42 bits per heavy atom. The molecule has 3 aromatic carbocycles. The second kappa shape index (κ2) is 7.99. The predicted octanol–water partition coefficient (Wildman–Crippen LogP) is 7.44. The summed E-state index contributed by atoms with van der Waals surface area (Å²) >= 11 is 0. The number of hydrogen-bond acceptors (Lipinski definition) is 3. The Hall–Kier alpha value is -4.31. The molecule has 158 valence electrons. The van der Waals surface area contributed by atoms with Crippen LogP contribution in [0, 0.1) is 5.82 Å². The van der Waals surface area contributed by atoms with E-state index in [1.807, 2.05) is 48.5 Å². The number of pyridine rings is 2. The monoisotopic (exact) mass is 430 g/mol. The molecule has 6 aromatic rings. The minimum atomic E-state index is -0.251. The largest absolute Gasteiger partial charge is 0.437 e. The Kier molecular flexibility index (Phi) is 4.69. The molecule has 6 rings (SSSR count). The first-order valence-corrected chi connectivity index (χ1v) is 10.8. The summed E-state index contributed by atoms with van der Waals surface area (Å²) in [6.07, 6.45) is 2.52. The number of furan rings is 1. The minimum Gasteiger partial charge on any atom is -0.437 e. The summed E-state index contributed by atoms with van der Waals surface area (Å²) in [7, 11) is 0. The molecule has 0 saturated carbocycles. The number of aromatic nitrogens is 2. The van der Waals surface area contributed by atoms with Crippen LogP contribution in [0.15, 0.2) is 108 Å². The molecule has 4 heteroatoms. The fourth-order valence-electron chi connectivity index (χ4n) is 4.22. The number of para-hydroxylation sites is 1. The van der Waals surface area contributed by atoms with E-state index in [0.29, 0.717) is 5.71 Å². The first kappa shape index (κ1) is 19.4. The van der Waals surface area contributed by atoms with Crippen LogP contribution in [0.5, 0.6) is 0 Å². The number of benzene rings is 3. The van der Waals surface area contributed by atoms with Crippen molar-refractivity contribution in [1.82, 2.24) is 9.97 Å². The van der Waals surface area contributed by atoms with Gasteiger partial charge in [-0.2, -0.15) is 0 Å². The Balaban J connectivity index is 1.44. The Morgan fingerprint density at radius 2 is 1.58 bits per heavy atom. The van der Waals surface area contributed by atoms with Gasteiger partial charge in [0.05, 0.1) is 5.69 Å². The van der Waals surface area contributed by atoms with Crippen molar-refractivity contribution in [1.29, 1.82) is 0 Å². The van der Waals surface area contributed by atoms with Gasteiger partial charge in [-0.1, -0.05) is 54.6 Å². The topological polar surface area (TPSA) is 38.9 Å². The molecule has 3 aromatic heterocycles. The van der Waals surface area contributed by atoms with Crippen molar-refractivity contribution in [2.24, 2.45) is 0 Å². The summed E-state index contributed by atoms with van der Waals surface area (Å²) < 4.78 is 19.6. The van der Waals surface area contributed by atoms with E-state index in [1.54, 1.807) is 18.3 Å². The molecule has 0 N–H and O–H groups in total. The van der Waals surface area contributed by atoms with Crippen LogP contribution < -0.4 is 0 Å². The molecule has 0 aliphatic heterocycles. The molecule has 3 nitrogen and oxygen atoms in total. The lowest BCUT2D eigenvalue weighted by molar-refractivity contribution is 0.628. The first-order chi connectivity index (χ1) is 16.2. The lowest BCUT2D eigenvalue weighted by Crippen LogP contribution is -1.91. The molecule has 0 atom stereocenters. The quantitative estimate of drug-likeness (QED) is 0.292. The molecule has 0 fully saturated rings. The summed E-state index contributed by atoms with van der Waals surface area (Å²) in [5.74, 6) is -0.251. The van der Waals surface area contributed by atoms with E-state index < -0.39 is 0 Å². The van der Waals surface area contributed by atoms with Crippen molar-refractivity contribution >= 4 is 22.1 Å². The van der Waals surface area contributed by atoms with Crippen molar-refractivity contribution in [3.63, 3.8) is 0 Å². The second-order valence-electron chi connectivity index (χ2n) is 8.04. The van der Waals surface area contributed by atoms with Crippen LogP contribution in [0.25, 0.3) is 44.5 Å². The molecule has 0 bridgehead atoms. The van der Waals surface area contributed by atoms with E-state index in [2.05, 4.69) is 29.2 Å². The molecule has 0 aliphatic carbocycles. The second-order valence-corrected chi connectivity index (χ2v) is 8.04. The normalized spacial score (nSPS) is 11.3. The number of fused-ring (bicyclic) bond motifs is 3. The lowest BCUT2D eigenvalue weighted by Gasteiger charge is -2.06. The molecule has 0 saturated heterocycles. The third-order valence-corrected chi connectivity index (χ3v) is 5.86. The molecule has 0 amide bonds. The standard InChI is InChI=1S/C29H19FN2O/c30-22-11-9-20(10-12-22)21-15-16-31-27(18-21)26-8-4-7-24-25-14-13-23(32-29(25)33-28(24)26)17-19-5-2-1-3-6-19/h1-16,18H,17H2. The maximum atomic E-state index is 13.3. The van der Waals surface area contributed by atoms with Gasteiger partial charge in [0.2, 0.25) is 5.71 Å². The van der Waals surface area contributed by atoms with Crippen molar-refractivity contribution in [2.75, 3.05) is 0 Å². The molecular weight excluding hydrogens is 411 g/mol.